The first-order valence-corrected chi connectivity index (χ1v) is 6.05. The van der Waals surface area contributed by atoms with Crippen LogP contribution in [-0.2, 0) is 6.54 Å². The van der Waals surface area contributed by atoms with E-state index in [-0.39, 0.29) is 0 Å². The normalized spacial score (nSPS) is 10.8. The summed E-state index contributed by atoms with van der Waals surface area (Å²) in [4.78, 5) is 12.2. The molecule has 0 aliphatic rings. The Morgan fingerprint density at radius 2 is 2.18 bits per heavy atom. The number of hydrogen-bond acceptors (Lipinski definition) is 5. The minimum Gasteiger partial charge on any atom is -0.362 e. The predicted octanol–water partition coefficient (Wildman–Crippen LogP) is 2.02. The molecule has 0 aliphatic carbocycles. The van der Waals surface area contributed by atoms with Crippen molar-refractivity contribution in [1.29, 1.82) is 0 Å². The highest BCUT2D eigenvalue weighted by atomic mass is 79.9. The summed E-state index contributed by atoms with van der Waals surface area (Å²) in [6, 6.07) is 0.295. The molecule has 2 heterocycles. The summed E-state index contributed by atoms with van der Waals surface area (Å²) in [5.41, 5.74) is 0. The van der Waals surface area contributed by atoms with Crippen LogP contribution in [0, 0.1) is 0 Å². The van der Waals surface area contributed by atoms with Gasteiger partial charge in [-0.3, -0.25) is 0 Å². The maximum atomic E-state index is 4.21. The molecule has 0 saturated carbocycles. The monoisotopic (exact) mass is 296 g/mol. The van der Waals surface area contributed by atoms with Gasteiger partial charge < -0.3 is 5.32 Å². The van der Waals surface area contributed by atoms with Crippen LogP contribution >= 0.6 is 15.9 Å². The van der Waals surface area contributed by atoms with Crippen LogP contribution in [-0.4, -0.2) is 24.7 Å². The molecule has 90 valence electrons. The van der Waals surface area contributed by atoms with Crippen LogP contribution in [0.4, 0.5) is 5.82 Å². The number of anilines is 1. The number of hydrogen-bond donors (Lipinski definition) is 1. The summed E-state index contributed by atoms with van der Waals surface area (Å²) in [7, 11) is 0. The lowest BCUT2D eigenvalue weighted by molar-refractivity contribution is 0.508. The first kappa shape index (κ1) is 12.0. The molecular formula is C10H13BrN6. The summed E-state index contributed by atoms with van der Waals surface area (Å²) >= 11 is 3.38. The molecule has 2 aromatic heterocycles. The second-order valence-corrected chi connectivity index (χ2v) is 4.64. The third-order valence-corrected chi connectivity index (χ3v) is 2.80. The first-order chi connectivity index (χ1) is 8.18. The van der Waals surface area contributed by atoms with E-state index in [4.69, 9.17) is 0 Å². The van der Waals surface area contributed by atoms with Gasteiger partial charge >= 0.3 is 0 Å². The van der Waals surface area contributed by atoms with Gasteiger partial charge in [0.1, 0.15) is 24.3 Å². The molecule has 0 unspecified atom stereocenters. The smallest absolute Gasteiger partial charge is 0.146 e. The van der Waals surface area contributed by atoms with Crippen molar-refractivity contribution in [3.8, 4) is 0 Å². The SMILES string of the molecule is CC(C)n1ncnc1CNc1ncncc1Br. The van der Waals surface area contributed by atoms with E-state index in [1.165, 1.54) is 6.33 Å². The van der Waals surface area contributed by atoms with E-state index in [2.05, 4.69) is 55.1 Å². The zero-order chi connectivity index (χ0) is 12.3. The fourth-order valence-corrected chi connectivity index (χ4v) is 1.80. The maximum Gasteiger partial charge on any atom is 0.146 e. The third kappa shape index (κ3) is 2.79. The van der Waals surface area contributed by atoms with E-state index < -0.39 is 0 Å². The molecule has 7 heteroatoms. The van der Waals surface area contributed by atoms with Gasteiger partial charge in [0.2, 0.25) is 0 Å². The Hall–Kier alpha value is -1.50. The van der Waals surface area contributed by atoms with Gasteiger partial charge in [0, 0.05) is 12.2 Å². The van der Waals surface area contributed by atoms with Gasteiger partial charge in [0.25, 0.3) is 0 Å². The zero-order valence-electron chi connectivity index (χ0n) is 9.63. The topological polar surface area (TPSA) is 68.5 Å². The van der Waals surface area contributed by atoms with E-state index in [1.54, 1.807) is 12.5 Å². The van der Waals surface area contributed by atoms with E-state index >= 15 is 0 Å². The highest BCUT2D eigenvalue weighted by molar-refractivity contribution is 9.10. The molecule has 0 spiro atoms. The molecule has 0 bridgehead atoms. The Kier molecular flexibility index (Phi) is 3.68. The van der Waals surface area contributed by atoms with Gasteiger partial charge in [-0.15, -0.1) is 0 Å². The predicted molar refractivity (Wildman–Crippen MR) is 67.5 cm³/mol. The Balaban J connectivity index is 2.08. The highest BCUT2D eigenvalue weighted by Gasteiger charge is 2.08. The van der Waals surface area contributed by atoms with Gasteiger partial charge in [-0.05, 0) is 29.8 Å². The van der Waals surface area contributed by atoms with Gasteiger partial charge in [-0.25, -0.2) is 19.6 Å². The largest absolute Gasteiger partial charge is 0.362 e. The number of halogens is 1. The summed E-state index contributed by atoms with van der Waals surface area (Å²) in [6.07, 6.45) is 4.76. The fraction of sp³-hybridized carbons (Fsp3) is 0.400. The second kappa shape index (κ2) is 5.22. The summed E-state index contributed by atoms with van der Waals surface area (Å²) in [6.45, 7) is 4.71. The highest BCUT2D eigenvalue weighted by Crippen LogP contribution is 2.17. The zero-order valence-corrected chi connectivity index (χ0v) is 11.2. The standard InChI is InChI=1S/C10H13BrN6/c1-7(2)17-9(14-6-16-17)4-13-10-8(11)3-12-5-15-10/h3,5-7H,4H2,1-2H3,(H,12,13,15). The van der Waals surface area contributed by atoms with Crippen molar-refractivity contribution < 1.29 is 0 Å². The molecule has 0 saturated heterocycles. The molecule has 0 radical (unpaired) electrons. The molecule has 0 fully saturated rings. The van der Waals surface area contributed by atoms with Crippen LogP contribution in [0.1, 0.15) is 25.7 Å². The van der Waals surface area contributed by atoms with Crippen LogP contribution in [0.2, 0.25) is 0 Å². The van der Waals surface area contributed by atoms with Crippen molar-refractivity contribution >= 4 is 21.7 Å². The van der Waals surface area contributed by atoms with Crippen molar-refractivity contribution in [2.75, 3.05) is 5.32 Å². The van der Waals surface area contributed by atoms with Crippen LogP contribution < -0.4 is 5.32 Å². The van der Waals surface area contributed by atoms with Crippen molar-refractivity contribution in [2.24, 2.45) is 0 Å². The molecule has 2 rings (SSSR count). The molecule has 0 aromatic carbocycles. The molecule has 17 heavy (non-hydrogen) atoms. The van der Waals surface area contributed by atoms with Gasteiger partial charge in [0.15, 0.2) is 0 Å². The number of rotatable bonds is 4. The van der Waals surface area contributed by atoms with Crippen LogP contribution in [0.5, 0.6) is 0 Å². The Morgan fingerprint density at radius 1 is 1.35 bits per heavy atom. The number of aromatic nitrogens is 5. The molecule has 0 amide bonds. The van der Waals surface area contributed by atoms with E-state index in [0.717, 1.165) is 16.1 Å². The van der Waals surface area contributed by atoms with Gasteiger partial charge in [-0.2, -0.15) is 5.10 Å². The number of nitrogens with one attached hydrogen (secondary N) is 1. The van der Waals surface area contributed by atoms with Crippen LogP contribution in [0.15, 0.2) is 23.3 Å². The number of nitrogens with zero attached hydrogens (tertiary/aromatic N) is 5. The molecule has 1 N–H and O–H groups in total. The van der Waals surface area contributed by atoms with E-state index in [1.807, 2.05) is 4.68 Å². The molecular weight excluding hydrogens is 284 g/mol. The van der Waals surface area contributed by atoms with Gasteiger partial charge in [0.05, 0.1) is 11.0 Å². The van der Waals surface area contributed by atoms with Crippen molar-refractivity contribution in [1.82, 2.24) is 24.7 Å². The molecule has 2 aromatic rings. The molecule has 6 nitrogen and oxygen atoms in total. The Bertz CT molecular complexity index is 495. The maximum absolute atomic E-state index is 4.21. The summed E-state index contributed by atoms with van der Waals surface area (Å²) in [5.74, 6) is 1.63. The average molecular weight is 297 g/mol. The third-order valence-electron chi connectivity index (χ3n) is 2.22. The average Bonchev–Trinajstić information content (AvgIpc) is 2.76. The lowest BCUT2D eigenvalue weighted by atomic mass is 10.4. The summed E-state index contributed by atoms with van der Waals surface area (Å²) < 4.78 is 2.71. The van der Waals surface area contributed by atoms with Crippen molar-refractivity contribution in [3.63, 3.8) is 0 Å². The minimum atomic E-state index is 0.295. The minimum absolute atomic E-state index is 0.295. The second-order valence-electron chi connectivity index (χ2n) is 3.79. The molecule has 0 atom stereocenters. The van der Waals surface area contributed by atoms with E-state index in [0.29, 0.717) is 12.6 Å². The summed E-state index contributed by atoms with van der Waals surface area (Å²) in [5, 5.41) is 7.36. The van der Waals surface area contributed by atoms with Crippen molar-refractivity contribution in [2.45, 2.75) is 26.4 Å². The Morgan fingerprint density at radius 3 is 2.88 bits per heavy atom. The van der Waals surface area contributed by atoms with E-state index in [9.17, 15) is 0 Å². The Labute approximate surface area is 108 Å². The fourth-order valence-electron chi connectivity index (χ4n) is 1.44. The van der Waals surface area contributed by atoms with Gasteiger partial charge in [-0.1, -0.05) is 0 Å². The molecule has 0 aliphatic heterocycles. The van der Waals surface area contributed by atoms with Crippen LogP contribution in [0.25, 0.3) is 0 Å². The quantitative estimate of drug-likeness (QED) is 0.935. The lowest BCUT2D eigenvalue weighted by Gasteiger charge is -2.10. The lowest BCUT2D eigenvalue weighted by Crippen LogP contribution is -2.12. The van der Waals surface area contributed by atoms with Crippen molar-refractivity contribution in [3.05, 3.63) is 29.1 Å². The first-order valence-electron chi connectivity index (χ1n) is 5.26. The van der Waals surface area contributed by atoms with Crippen LogP contribution in [0.3, 0.4) is 0 Å².